The van der Waals surface area contributed by atoms with Gasteiger partial charge in [-0.2, -0.15) is 0 Å². The molecule has 0 spiro atoms. The quantitative estimate of drug-likeness (QED) is 0.504. The fourth-order valence-electron chi connectivity index (χ4n) is 2.66. The van der Waals surface area contributed by atoms with Crippen LogP contribution >= 0.6 is 0 Å². The van der Waals surface area contributed by atoms with Crippen molar-refractivity contribution in [2.75, 3.05) is 48.1 Å². The Morgan fingerprint density at radius 2 is 1.86 bits per heavy atom. The smallest absolute Gasteiger partial charge is 0.194 e. The monoisotopic (exact) mass is 307 g/mol. The third kappa shape index (κ3) is 3.62. The van der Waals surface area contributed by atoms with Crippen LogP contribution in [0.2, 0.25) is 0 Å². The lowest BCUT2D eigenvalue weighted by Crippen LogP contribution is -2.44. The molecule has 122 valence electrons. The maximum absolute atomic E-state index is 5.40. The number of rotatable bonds is 5. The van der Waals surface area contributed by atoms with Gasteiger partial charge in [-0.1, -0.05) is 0 Å². The summed E-state index contributed by atoms with van der Waals surface area (Å²) in [4.78, 5) is 6.59. The lowest BCUT2D eigenvalue weighted by Gasteiger charge is -2.32. The number of hydrogen-bond donors (Lipinski definition) is 1. The van der Waals surface area contributed by atoms with Gasteiger partial charge in [0.2, 0.25) is 0 Å². The van der Waals surface area contributed by atoms with Crippen LogP contribution < -0.4 is 14.8 Å². The average molecular weight is 307 g/mol. The molecule has 0 aliphatic carbocycles. The summed E-state index contributed by atoms with van der Waals surface area (Å²) in [6.45, 7) is 3.14. The normalized spacial score (nSPS) is 14.5. The first-order valence-electron chi connectivity index (χ1n) is 7.41. The maximum Gasteiger partial charge on any atom is 0.194 e. The molecule has 1 N–H and O–H groups in total. The van der Waals surface area contributed by atoms with E-state index in [1.807, 2.05) is 0 Å². The summed E-state index contributed by atoms with van der Waals surface area (Å²) in [6.07, 6.45) is 0.959. The van der Waals surface area contributed by atoms with Gasteiger partial charge in [-0.25, -0.2) is 0 Å². The number of hydrogen-bond acceptors (Lipinski definition) is 4. The maximum atomic E-state index is 5.40. The van der Waals surface area contributed by atoms with Crippen LogP contribution in [0.1, 0.15) is 11.1 Å². The number of aliphatic imine (C=N–C) groups is 1. The molecule has 1 aliphatic rings. The summed E-state index contributed by atoms with van der Waals surface area (Å²) in [5, 5.41) is 3.32. The van der Waals surface area contributed by atoms with E-state index in [9.17, 15) is 0 Å². The number of methoxy groups -OCH3 is 3. The van der Waals surface area contributed by atoms with Crippen LogP contribution in [-0.4, -0.2) is 58.9 Å². The van der Waals surface area contributed by atoms with Gasteiger partial charge >= 0.3 is 0 Å². The van der Waals surface area contributed by atoms with Crippen LogP contribution in [0.5, 0.6) is 11.5 Å². The van der Waals surface area contributed by atoms with Crippen LogP contribution in [0.4, 0.5) is 0 Å². The number of nitrogens with one attached hydrogen (secondary N) is 1. The summed E-state index contributed by atoms with van der Waals surface area (Å²) in [5.74, 6) is 2.46. The van der Waals surface area contributed by atoms with Crippen molar-refractivity contribution < 1.29 is 14.2 Å². The van der Waals surface area contributed by atoms with E-state index in [0.717, 1.165) is 43.5 Å². The molecule has 0 radical (unpaired) electrons. The second-order valence-corrected chi connectivity index (χ2v) is 5.11. The highest BCUT2D eigenvalue weighted by atomic mass is 16.5. The molecule has 2 rings (SSSR count). The predicted molar refractivity (Wildman–Crippen MR) is 86.9 cm³/mol. The summed E-state index contributed by atoms with van der Waals surface area (Å²) in [6, 6.07) is 4.13. The van der Waals surface area contributed by atoms with Gasteiger partial charge in [0, 0.05) is 33.8 Å². The Bertz CT molecular complexity index is 532. The molecule has 1 aliphatic heterocycles. The molecular formula is C16H25N3O3. The van der Waals surface area contributed by atoms with Gasteiger partial charge in [-0.05, 0) is 29.7 Å². The van der Waals surface area contributed by atoms with E-state index in [2.05, 4.69) is 27.3 Å². The average Bonchev–Trinajstić information content (AvgIpc) is 2.57. The molecule has 6 heteroatoms. The van der Waals surface area contributed by atoms with Crippen molar-refractivity contribution in [3.8, 4) is 11.5 Å². The molecular weight excluding hydrogens is 282 g/mol. The molecule has 22 heavy (non-hydrogen) atoms. The first-order valence-corrected chi connectivity index (χ1v) is 7.41. The van der Waals surface area contributed by atoms with Gasteiger partial charge in [-0.3, -0.25) is 4.99 Å². The lowest BCUT2D eigenvalue weighted by molar-refractivity contribution is 0.202. The Hall–Kier alpha value is -1.95. The zero-order valence-corrected chi connectivity index (χ0v) is 13.8. The highest BCUT2D eigenvalue weighted by Gasteiger charge is 2.21. The molecule has 1 aromatic rings. The molecule has 1 heterocycles. The molecule has 0 amide bonds. The minimum atomic E-state index is 0.661. The van der Waals surface area contributed by atoms with Gasteiger partial charge in [0.15, 0.2) is 17.5 Å². The van der Waals surface area contributed by atoms with Crippen LogP contribution in [0.15, 0.2) is 17.1 Å². The number of ether oxygens (including phenoxy) is 3. The van der Waals surface area contributed by atoms with Gasteiger partial charge in [-0.15, -0.1) is 0 Å². The molecule has 0 saturated heterocycles. The van der Waals surface area contributed by atoms with Crippen molar-refractivity contribution in [2.24, 2.45) is 4.99 Å². The third-order valence-electron chi connectivity index (χ3n) is 3.82. The summed E-state index contributed by atoms with van der Waals surface area (Å²) >= 11 is 0. The molecule has 0 unspecified atom stereocenters. The molecule has 0 fully saturated rings. The Morgan fingerprint density at radius 1 is 1.18 bits per heavy atom. The van der Waals surface area contributed by atoms with E-state index in [0.29, 0.717) is 6.61 Å². The lowest BCUT2D eigenvalue weighted by atomic mass is 9.99. The summed E-state index contributed by atoms with van der Waals surface area (Å²) in [5.41, 5.74) is 2.56. The van der Waals surface area contributed by atoms with Crippen LogP contribution in [-0.2, 0) is 17.7 Å². The van der Waals surface area contributed by atoms with Gasteiger partial charge in [0.1, 0.15) is 0 Å². The van der Waals surface area contributed by atoms with E-state index < -0.39 is 0 Å². The van der Waals surface area contributed by atoms with Crippen molar-refractivity contribution >= 4 is 5.96 Å². The van der Waals surface area contributed by atoms with E-state index in [4.69, 9.17) is 14.2 Å². The highest BCUT2D eigenvalue weighted by molar-refractivity contribution is 5.80. The zero-order valence-electron chi connectivity index (χ0n) is 13.8. The van der Waals surface area contributed by atoms with Crippen molar-refractivity contribution in [2.45, 2.75) is 13.0 Å². The fraction of sp³-hybridized carbons (Fsp3) is 0.562. The van der Waals surface area contributed by atoms with Crippen molar-refractivity contribution in [3.63, 3.8) is 0 Å². The van der Waals surface area contributed by atoms with E-state index in [1.165, 1.54) is 11.1 Å². The molecule has 6 nitrogen and oxygen atoms in total. The Labute approximate surface area is 132 Å². The van der Waals surface area contributed by atoms with E-state index in [1.54, 1.807) is 28.4 Å². The Kier molecular flexibility index (Phi) is 5.89. The molecule has 0 saturated carbocycles. The minimum absolute atomic E-state index is 0.661. The Morgan fingerprint density at radius 3 is 2.45 bits per heavy atom. The van der Waals surface area contributed by atoms with Crippen molar-refractivity contribution in [3.05, 3.63) is 23.3 Å². The first kappa shape index (κ1) is 16.4. The first-order chi connectivity index (χ1) is 10.7. The number of fused-ring (bicyclic) bond motifs is 1. The molecule has 0 bridgehead atoms. The number of nitrogens with zero attached hydrogens (tertiary/aromatic N) is 2. The topological polar surface area (TPSA) is 55.3 Å². The molecule has 0 atom stereocenters. The SMILES string of the molecule is CN=C(NCCOC)N1CCc2cc(OC)c(OC)cc2C1. The van der Waals surface area contributed by atoms with Crippen LogP contribution in [0.3, 0.4) is 0 Å². The van der Waals surface area contributed by atoms with E-state index >= 15 is 0 Å². The highest BCUT2D eigenvalue weighted by Crippen LogP contribution is 2.33. The minimum Gasteiger partial charge on any atom is -0.493 e. The molecule has 1 aromatic carbocycles. The second-order valence-electron chi connectivity index (χ2n) is 5.11. The number of benzene rings is 1. The molecule has 0 aromatic heterocycles. The summed E-state index contributed by atoms with van der Waals surface area (Å²) in [7, 11) is 6.83. The van der Waals surface area contributed by atoms with Crippen LogP contribution in [0, 0.1) is 0 Å². The van der Waals surface area contributed by atoms with Crippen LogP contribution in [0.25, 0.3) is 0 Å². The standard InChI is InChI=1S/C16H25N3O3/c1-17-16(18-6-8-20-2)19-7-5-12-9-14(21-3)15(22-4)10-13(12)11-19/h9-10H,5-8,11H2,1-4H3,(H,17,18). The van der Waals surface area contributed by atoms with E-state index in [-0.39, 0.29) is 0 Å². The number of guanidine groups is 1. The third-order valence-corrected chi connectivity index (χ3v) is 3.82. The summed E-state index contributed by atoms with van der Waals surface area (Å²) < 4.78 is 15.8. The predicted octanol–water partition coefficient (Wildman–Crippen LogP) is 1.28. The van der Waals surface area contributed by atoms with Gasteiger partial charge in [0.05, 0.1) is 20.8 Å². The fourth-order valence-corrected chi connectivity index (χ4v) is 2.66. The van der Waals surface area contributed by atoms with Crippen molar-refractivity contribution in [1.82, 2.24) is 10.2 Å². The van der Waals surface area contributed by atoms with Crippen molar-refractivity contribution in [1.29, 1.82) is 0 Å². The van der Waals surface area contributed by atoms with Gasteiger partial charge < -0.3 is 24.4 Å². The Balaban J connectivity index is 2.13. The second kappa shape index (κ2) is 7.89. The van der Waals surface area contributed by atoms with Gasteiger partial charge in [0.25, 0.3) is 0 Å². The largest absolute Gasteiger partial charge is 0.493 e. The zero-order chi connectivity index (χ0) is 15.9.